The maximum Gasteiger partial charge on any atom is 0.416 e. The lowest BCUT2D eigenvalue weighted by Gasteiger charge is -2.47. The number of ether oxygens (including phenoxy) is 1. The molecule has 3 aromatic rings. The van der Waals surface area contributed by atoms with E-state index in [0.29, 0.717) is 32.0 Å². The molecule has 4 heterocycles. The highest BCUT2D eigenvalue weighted by Crippen LogP contribution is 2.35. The van der Waals surface area contributed by atoms with Gasteiger partial charge in [-0.1, -0.05) is 12.1 Å². The topological polar surface area (TPSA) is 71.3 Å². The molecule has 2 saturated heterocycles. The molecule has 2 aliphatic heterocycles. The van der Waals surface area contributed by atoms with E-state index in [4.69, 9.17) is 4.74 Å². The number of nitrogens with one attached hydrogen (secondary N) is 1. The zero-order chi connectivity index (χ0) is 24.6. The van der Waals surface area contributed by atoms with E-state index in [-0.39, 0.29) is 30.6 Å². The summed E-state index contributed by atoms with van der Waals surface area (Å²) in [6, 6.07) is 7.75. The first-order valence-electron chi connectivity index (χ1n) is 11.0. The number of hydrogen-bond donors (Lipinski definition) is 1. The minimum atomic E-state index is -4.56. The number of aromatic nitrogens is 4. The van der Waals surface area contributed by atoms with Gasteiger partial charge in [-0.3, -0.25) is 4.90 Å². The van der Waals surface area contributed by atoms with Gasteiger partial charge in [-0.15, -0.1) is 5.10 Å². The average Bonchev–Trinajstić information content (AvgIpc) is 3.27. The van der Waals surface area contributed by atoms with Crippen molar-refractivity contribution in [3.05, 3.63) is 53.9 Å². The molecule has 8 nitrogen and oxygen atoms in total. The Balaban J connectivity index is 0.00000304. The van der Waals surface area contributed by atoms with Crippen molar-refractivity contribution >= 4 is 17.6 Å². The number of hydrogen-bond acceptors (Lipinski definition) is 7. The Hall–Kier alpha value is -3.32. The molecule has 0 bridgehead atoms. The van der Waals surface area contributed by atoms with Crippen LogP contribution in [0.4, 0.5) is 39.5 Å². The molecule has 0 spiro atoms. The second kappa shape index (κ2) is 9.38. The first-order valence-corrected chi connectivity index (χ1v) is 11.0. The number of rotatable bonds is 6. The molecule has 1 N–H and O–H groups in total. The summed E-state index contributed by atoms with van der Waals surface area (Å²) in [5.74, 6) is 0.125. The summed E-state index contributed by atoms with van der Waals surface area (Å²) in [4.78, 5) is 12.4. The van der Waals surface area contributed by atoms with Crippen LogP contribution in [0.1, 0.15) is 19.0 Å². The molecule has 2 aliphatic rings. The number of benzene rings is 1. The third-order valence-electron chi connectivity index (χ3n) is 6.01. The van der Waals surface area contributed by atoms with Crippen LogP contribution in [0.3, 0.4) is 0 Å². The fraction of sp³-hybridized carbons (Fsp3) is 0.409. The highest BCUT2D eigenvalue weighted by Gasteiger charge is 2.36. The van der Waals surface area contributed by atoms with Gasteiger partial charge in [0.1, 0.15) is 18.0 Å². The van der Waals surface area contributed by atoms with Crippen molar-refractivity contribution in [1.82, 2.24) is 24.6 Å². The number of anilines is 3. The summed E-state index contributed by atoms with van der Waals surface area (Å²) in [5, 5.41) is 6.85. The Labute approximate surface area is 198 Å². The van der Waals surface area contributed by atoms with Crippen LogP contribution in [-0.2, 0) is 10.9 Å². The Morgan fingerprint density at radius 1 is 1.09 bits per heavy atom. The van der Waals surface area contributed by atoms with Crippen LogP contribution in [-0.4, -0.2) is 70.1 Å². The first-order chi connectivity index (χ1) is 16.8. The lowest BCUT2D eigenvalue weighted by molar-refractivity contribution is -0.137. The van der Waals surface area contributed by atoms with E-state index < -0.39 is 18.2 Å². The van der Waals surface area contributed by atoms with Gasteiger partial charge in [-0.25, -0.2) is 18.4 Å². The maximum absolute atomic E-state index is 13.6. The normalized spacial score (nSPS) is 17.6. The zero-order valence-corrected chi connectivity index (χ0v) is 18.4. The molecule has 5 rings (SSSR count). The molecule has 0 aliphatic carbocycles. The quantitative estimate of drug-likeness (QED) is 0.514. The van der Waals surface area contributed by atoms with Gasteiger partial charge in [0, 0.05) is 39.2 Å². The lowest BCUT2D eigenvalue weighted by Crippen LogP contribution is -2.61. The zero-order valence-electron chi connectivity index (χ0n) is 18.4. The Kier molecular flexibility index (Phi) is 6.28. The van der Waals surface area contributed by atoms with Crippen LogP contribution in [0, 0.1) is 0 Å². The standard InChI is InChI=1S/C22H22F5N7O.H2/c23-20(24)14-2-1-3-16(8-14)34-13-28-21(31-34)30-18-9-15(22(25,26)27)10-19(29-18)33-11-17(12-33)32-4-6-35-7-5-32;/h1-3,8-10,13,17,20H,4-7,11-12H2,(H,29,30,31);1H. The summed E-state index contributed by atoms with van der Waals surface area (Å²) in [6.45, 7) is 4.05. The van der Waals surface area contributed by atoms with Crippen LogP contribution in [0.25, 0.3) is 5.69 Å². The lowest BCUT2D eigenvalue weighted by atomic mass is 10.1. The SMILES string of the molecule is FC(F)c1cccc(-n2cnc(Nc3cc(C(F)(F)F)cc(N4CC(N5CCOCC5)C4)n3)n2)c1.[HH]. The highest BCUT2D eigenvalue weighted by molar-refractivity contribution is 5.57. The minimum absolute atomic E-state index is 0. The molecule has 35 heavy (non-hydrogen) atoms. The van der Waals surface area contributed by atoms with Crippen LogP contribution in [0.15, 0.2) is 42.7 Å². The van der Waals surface area contributed by atoms with E-state index in [1.165, 1.54) is 29.2 Å². The third kappa shape index (κ3) is 5.20. The van der Waals surface area contributed by atoms with Crippen LogP contribution >= 0.6 is 0 Å². The third-order valence-corrected chi connectivity index (χ3v) is 6.01. The molecular weight excluding hydrogens is 473 g/mol. The maximum atomic E-state index is 13.6. The molecule has 2 fully saturated rings. The molecule has 0 radical (unpaired) electrons. The molecule has 0 amide bonds. The molecule has 1 aromatic carbocycles. The smallest absolute Gasteiger partial charge is 0.379 e. The van der Waals surface area contributed by atoms with Crippen molar-refractivity contribution in [3.63, 3.8) is 0 Å². The number of morpholine rings is 1. The predicted octanol–water partition coefficient (Wildman–Crippen LogP) is 4.13. The molecule has 0 saturated carbocycles. The second-order valence-electron chi connectivity index (χ2n) is 8.34. The van der Waals surface area contributed by atoms with Gasteiger partial charge in [-0.2, -0.15) is 18.2 Å². The van der Waals surface area contributed by atoms with E-state index in [1.54, 1.807) is 11.0 Å². The van der Waals surface area contributed by atoms with Crippen molar-refractivity contribution in [2.24, 2.45) is 0 Å². The summed E-state index contributed by atoms with van der Waals surface area (Å²) in [5.41, 5.74) is -0.679. The van der Waals surface area contributed by atoms with E-state index in [2.05, 4.69) is 25.3 Å². The second-order valence-corrected chi connectivity index (χ2v) is 8.34. The van der Waals surface area contributed by atoms with Crippen LogP contribution < -0.4 is 10.2 Å². The van der Waals surface area contributed by atoms with E-state index in [9.17, 15) is 22.0 Å². The van der Waals surface area contributed by atoms with Crippen LogP contribution in [0.5, 0.6) is 0 Å². The molecular formula is C22H24F5N7O. The van der Waals surface area contributed by atoms with Crippen molar-refractivity contribution in [3.8, 4) is 5.69 Å². The first kappa shape index (κ1) is 23.4. The number of alkyl halides is 5. The Morgan fingerprint density at radius 3 is 2.57 bits per heavy atom. The molecule has 0 atom stereocenters. The summed E-state index contributed by atoms with van der Waals surface area (Å²) in [6.07, 6.45) is -5.93. The van der Waals surface area contributed by atoms with Gasteiger partial charge in [-0.05, 0) is 24.3 Å². The van der Waals surface area contributed by atoms with E-state index >= 15 is 0 Å². The Bertz CT molecular complexity index is 1180. The predicted molar refractivity (Wildman–Crippen MR) is 119 cm³/mol. The van der Waals surface area contributed by atoms with Gasteiger partial charge in [0.15, 0.2) is 0 Å². The van der Waals surface area contributed by atoms with Crippen molar-refractivity contribution < 1.29 is 28.1 Å². The van der Waals surface area contributed by atoms with Crippen molar-refractivity contribution in [2.45, 2.75) is 18.6 Å². The molecule has 2 aromatic heterocycles. The van der Waals surface area contributed by atoms with Gasteiger partial charge >= 0.3 is 6.18 Å². The molecule has 13 heteroatoms. The largest absolute Gasteiger partial charge is 0.416 e. The van der Waals surface area contributed by atoms with E-state index in [1.807, 2.05) is 0 Å². The monoisotopic (exact) mass is 497 g/mol. The number of nitrogens with zero attached hydrogens (tertiary/aromatic N) is 6. The fourth-order valence-corrected chi connectivity index (χ4v) is 4.08. The van der Waals surface area contributed by atoms with Gasteiger partial charge in [0.05, 0.1) is 24.5 Å². The summed E-state index contributed by atoms with van der Waals surface area (Å²) >= 11 is 0. The summed E-state index contributed by atoms with van der Waals surface area (Å²) < 4.78 is 73.3. The van der Waals surface area contributed by atoms with Crippen molar-refractivity contribution in [1.29, 1.82) is 0 Å². The van der Waals surface area contributed by atoms with Gasteiger partial charge in [0.25, 0.3) is 6.43 Å². The van der Waals surface area contributed by atoms with Crippen LogP contribution in [0.2, 0.25) is 0 Å². The highest BCUT2D eigenvalue weighted by atomic mass is 19.4. The summed E-state index contributed by atoms with van der Waals surface area (Å²) in [7, 11) is 0. The minimum Gasteiger partial charge on any atom is -0.379 e. The number of pyridine rings is 1. The number of halogens is 5. The molecule has 0 unspecified atom stereocenters. The molecule has 188 valence electrons. The van der Waals surface area contributed by atoms with Gasteiger partial charge < -0.3 is 15.0 Å². The fourth-order valence-electron chi connectivity index (χ4n) is 4.08. The van der Waals surface area contributed by atoms with Gasteiger partial charge in [0.2, 0.25) is 5.95 Å². The average molecular weight is 497 g/mol. The van der Waals surface area contributed by atoms with Crippen molar-refractivity contribution in [2.75, 3.05) is 49.6 Å². The Morgan fingerprint density at radius 2 is 1.86 bits per heavy atom. The van der Waals surface area contributed by atoms with E-state index in [0.717, 1.165) is 25.2 Å².